The van der Waals surface area contributed by atoms with E-state index in [9.17, 15) is 4.79 Å². The molecule has 3 heteroatoms. The molecule has 1 unspecified atom stereocenters. The highest BCUT2D eigenvalue weighted by atomic mass is 16.2. The number of carbonyl (C=O) groups excluding carboxylic acids is 1. The summed E-state index contributed by atoms with van der Waals surface area (Å²) in [6.45, 7) is 4.38. The summed E-state index contributed by atoms with van der Waals surface area (Å²) in [6, 6.07) is 4.07. The van der Waals surface area contributed by atoms with Gasteiger partial charge in [-0.05, 0) is 48.6 Å². The Morgan fingerprint density at radius 3 is 2.55 bits per heavy atom. The molecule has 0 radical (unpaired) electrons. The normalized spacial score (nSPS) is 25.2. The first kappa shape index (κ1) is 13.6. The number of nitrogens with zero attached hydrogens (tertiary/aromatic N) is 1. The number of aromatic nitrogens is 1. The van der Waals surface area contributed by atoms with E-state index in [0.717, 1.165) is 19.3 Å². The van der Waals surface area contributed by atoms with Crippen molar-refractivity contribution in [3.8, 4) is 0 Å². The molecular weight excluding hydrogens is 248 g/mol. The third-order valence-corrected chi connectivity index (χ3v) is 5.19. The van der Waals surface area contributed by atoms with Gasteiger partial charge >= 0.3 is 0 Å². The quantitative estimate of drug-likeness (QED) is 0.899. The molecule has 108 valence electrons. The Morgan fingerprint density at radius 2 is 2.05 bits per heavy atom. The second kappa shape index (κ2) is 5.19. The summed E-state index contributed by atoms with van der Waals surface area (Å²) in [7, 11) is 0. The third-order valence-electron chi connectivity index (χ3n) is 5.19. The van der Waals surface area contributed by atoms with Gasteiger partial charge in [-0.25, -0.2) is 4.98 Å². The first-order valence-electron chi connectivity index (χ1n) is 7.83. The summed E-state index contributed by atoms with van der Waals surface area (Å²) in [5, 5.41) is 2.99. The summed E-state index contributed by atoms with van der Waals surface area (Å²) in [6.07, 6.45) is 9.11. The Morgan fingerprint density at radius 1 is 1.25 bits per heavy atom. The van der Waals surface area contributed by atoms with Crippen LogP contribution >= 0.6 is 0 Å². The highest BCUT2D eigenvalue weighted by molar-refractivity contribution is 5.92. The van der Waals surface area contributed by atoms with Gasteiger partial charge in [-0.1, -0.05) is 32.8 Å². The van der Waals surface area contributed by atoms with Crippen LogP contribution in [0.15, 0.2) is 18.3 Å². The van der Waals surface area contributed by atoms with Crippen molar-refractivity contribution in [3.05, 3.63) is 23.9 Å². The van der Waals surface area contributed by atoms with Gasteiger partial charge in [0.05, 0.1) is 0 Å². The molecule has 1 amide bonds. The number of hydrogen-bond donors (Lipinski definition) is 1. The Kier molecular flexibility index (Phi) is 3.53. The van der Waals surface area contributed by atoms with Gasteiger partial charge in [0.2, 0.25) is 5.91 Å². The van der Waals surface area contributed by atoms with E-state index in [2.05, 4.69) is 30.2 Å². The molecule has 2 aliphatic rings. The van der Waals surface area contributed by atoms with Crippen molar-refractivity contribution in [1.82, 2.24) is 4.98 Å². The van der Waals surface area contributed by atoms with Gasteiger partial charge in [0.1, 0.15) is 5.82 Å². The average molecular weight is 272 g/mol. The first-order valence-corrected chi connectivity index (χ1v) is 7.83. The molecule has 1 aromatic rings. The number of anilines is 1. The Labute approximate surface area is 121 Å². The van der Waals surface area contributed by atoms with Gasteiger partial charge in [0, 0.05) is 12.1 Å². The fourth-order valence-corrected chi connectivity index (χ4v) is 3.49. The zero-order chi connectivity index (χ0) is 14.2. The number of pyridine rings is 1. The Bertz CT molecular complexity index is 488. The minimum absolute atomic E-state index is 0.121. The van der Waals surface area contributed by atoms with Crippen LogP contribution in [0.5, 0.6) is 0 Å². The molecule has 1 N–H and O–H groups in total. The lowest BCUT2D eigenvalue weighted by Gasteiger charge is -2.26. The van der Waals surface area contributed by atoms with Crippen LogP contribution in [-0.4, -0.2) is 10.9 Å². The maximum atomic E-state index is 12.4. The van der Waals surface area contributed by atoms with Crippen LogP contribution in [0.2, 0.25) is 0 Å². The summed E-state index contributed by atoms with van der Waals surface area (Å²) in [4.78, 5) is 16.8. The van der Waals surface area contributed by atoms with Crippen molar-refractivity contribution < 1.29 is 4.79 Å². The van der Waals surface area contributed by atoms with E-state index in [1.807, 2.05) is 12.3 Å². The van der Waals surface area contributed by atoms with Crippen molar-refractivity contribution in [3.63, 3.8) is 0 Å². The second-order valence-electron chi connectivity index (χ2n) is 7.03. The highest BCUT2D eigenvalue weighted by Gasteiger charge is 2.39. The van der Waals surface area contributed by atoms with E-state index in [1.165, 1.54) is 24.8 Å². The number of hydrogen-bond acceptors (Lipinski definition) is 2. The molecule has 2 fully saturated rings. The fourth-order valence-electron chi connectivity index (χ4n) is 3.49. The largest absolute Gasteiger partial charge is 0.310 e. The minimum Gasteiger partial charge on any atom is -0.310 e. The van der Waals surface area contributed by atoms with Crippen LogP contribution < -0.4 is 5.32 Å². The molecule has 1 aromatic heterocycles. The zero-order valence-corrected chi connectivity index (χ0v) is 12.5. The summed E-state index contributed by atoms with van der Waals surface area (Å²) in [5.41, 5.74) is 1.44. The topological polar surface area (TPSA) is 42.0 Å². The lowest BCUT2D eigenvalue weighted by molar-refractivity contribution is -0.122. The van der Waals surface area contributed by atoms with Gasteiger partial charge in [0.15, 0.2) is 0 Å². The number of amides is 1. The molecule has 1 heterocycles. The van der Waals surface area contributed by atoms with Gasteiger partial charge in [-0.15, -0.1) is 0 Å². The van der Waals surface area contributed by atoms with Crippen molar-refractivity contribution in [1.29, 1.82) is 0 Å². The average Bonchev–Trinajstić information content (AvgIpc) is 2.69. The lowest BCUT2D eigenvalue weighted by Crippen LogP contribution is -2.31. The predicted octanol–water partition coefficient (Wildman–Crippen LogP) is 4.11. The fraction of sp³-hybridized carbons (Fsp3) is 0.647. The van der Waals surface area contributed by atoms with Crippen LogP contribution in [-0.2, 0) is 4.79 Å². The Balaban J connectivity index is 1.63. The number of rotatable bonds is 3. The van der Waals surface area contributed by atoms with Crippen LogP contribution in [0, 0.1) is 11.3 Å². The van der Waals surface area contributed by atoms with Gasteiger partial charge in [-0.2, -0.15) is 0 Å². The SMILES string of the molecule is CC1(C)CCCC1C(=O)Nc1ccc(C2CCC2)cn1. The molecule has 1 atom stereocenters. The maximum absolute atomic E-state index is 12.4. The summed E-state index contributed by atoms with van der Waals surface area (Å²) < 4.78 is 0. The molecule has 2 aliphatic carbocycles. The summed E-state index contributed by atoms with van der Waals surface area (Å²) >= 11 is 0. The van der Waals surface area contributed by atoms with Crippen LogP contribution in [0.25, 0.3) is 0 Å². The summed E-state index contributed by atoms with van der Waals surface area (Å²) in [5.74, 6) is 1.65. The third kappa shape index (κ3) is 2.58. The van der Waals surface area contributed by atoms with E-state index >= 15 is 0 Å². The standard InChI is InChI=1S/C17H24N2O/c1-17(2)10-4-7-14(17)16(20)19-15-9-8-13(11-18-15)12-5-3-6-12/h8-9,11-12,14H,3-7,10H2,1-2H3,(H,18,19,20). The monoisotopic (exact) mass is 272 g/mol. The molecule has 0 saturated heterocycles. The smallest absolute Gasteiger partial charge is 0.229 e. The lowest BCUT2D eigenvalue weighted by atomic mass is 9.81. The maximum Gasteiger partial charge on any atom is 0.229 e. The molecule has 0 spiro atoms. The molecule has 2 saturated carbocycles. The van der Waals surface area contributed by atoms with E-state index in [4.69, 9.17) is 0 Å². The van der Waals surface area contributed by atoms with Crippen LogP contribution in [0.3, 0.4) is 0 Å². The molecule has 20 heavy (non-hydrogen) atoms. The molecule has 0 aliphatic heterocycles. The molecular formula is C17H24N2O. The van der Waals surface area contributed by atoms with Gasteiger partial charge in [0.25, 0.3) is 0 Å². The number of carbonyl (C=O) groups is 1. The van der Waals surface area contributed by atoms with E-state index in [0.29, 0.717) is 11.7 Å². The van der Waals surface area contributed by atoms with Crippen molar-refractivity contribution in [2.24, 2.45) is 11.3 Å². The van der Waals surface area contributed by atoms with Gasteiger partial charge in [-0.3, -0.25) is 4.79 Å². The predicted molar refractivity (Wildman–Crippen MR) is 80.6 cm³/mol. The van der Waals surface area contributed by atoms with E-state index in [-0.39, 0.29) is 17.2 Å². The molecule has 0 aromatic carbocycles. The van der Waals surface area contributed by atoms with Crippen LogP contribution in [0.4, 0.5) is 5.82 Å². The van der Waals surface area contributed by atoms with Crippen molar-refractivity contribution in [2.75, 3.05) is 5.32 Å². The van der Waals surface area contributed by atoms with Crippen LogP contribution in [0.1, 0.15) is 63.9 Å². The molecule has 3 rings (SSSR count). The van der Waals surface area contributed by atoms with E-state index < -0.39 is 0 Å². The zero-order valence-electron chi connectivity index (χ0n) is 12.5. The second-order valence-corrected chi connectivity index (χ2v) is 7.03. The molecule has 0 bridgehead atoms. The molecule has 3 nitrogen and oxygen atoms in total. The first-order chi connectivity index (χ1) is 9.56. The van der Waals surface area contributed by atoms with E-state index in [1.54, 1.807) is 0 Å². The number of nitrogens with one attached hydrogen (secondary N) is 1. The van der Waals surface area contributed by atoms with Crippen molar-refractivity contribution in [2.45, 2.75) is 58.3 Å². The van der Waals surface area contributed by atoms with Crippen molar-refractivity contribution >= 4 is 11.7 Å². The minimum atomic E-state index is 0.121. The highest BCUT2D eigenvalue weighted by Crippen LogP contribution is 2.43. The Hall–Kier alpha value is -1.38. The van der Waals surface area contributed by atoms with Gasteiger partial charge < -0.3 is 5.32 Å².